The Balaban J connectivity index is 1.43. The van der Waals surface area contributed by atoms with Gasteiger partial charge in [-0.15, -0.1) is 11.3 Å². The number of nitrogens with one attached hydrogen (secondary N) is 1. The lowest BCUT2D eigenvalue weighted by Crippen LogP contribution is -2.41. The monoisotopic (exact) mass is 438 g/mol. The third-order valence-corrected chi connectivity index (χ3v) is 8.50. The molecular weight excluding hydrogens is 420 g/mol. The van der Waals surface area contributed by atoms with E-state index in [0.717, 1.165) is 5.52 Å². The number of piperidine rings is 1. The summed E-state index contributed by atoms with van der Waals surface area (Å²) in [4.78, 5) is 17.1. The molecule has 0 aliphatic carbocycles. The molecule has 0 atom stereocenters. The van der Waals surface area contributed by atoms with Crippen LogP contribution in [0.15, 0.2) is 39.9 Å². The normalized spacial score (nSPS) is 16.5. The van der Waals surface area contributed by atoms with Crippen LogP contribution in [0.3, 0.4) is 0 Å². The van der Waals surface area contributed by atoms with E-state index in [2.05, 4.69) is 10.3 Å². The van der Waals surface area contributed by atoms with E-state index in [-0.39, 0.29) is 11.8 Å². The number of amides is 1. The number of carbonyl (C=O) groups is 1. The van der Waals surface area contributed by atoms with Gasteiger partial charge in [0, 0.05) is 31.1 Å². The number of rotatable bonds is 4. The minimum Gasteiger partial charge on any atom is -0.313 e. The molecule has 0 radical (unpaired) electrons. The second-order valence-electron chi connectivity index (χ2n) is 6.73. The summed E-state index contributed by atoms with van der Waals surface area (Å²) in [5.74, 6) is 0.0618. The van der Waals surface area contributed by atoms with Gasteiger partial charge in [0.15, 0.2) is 0 Å². The third-order valence-electron chi connectivity index (χ3n) is 4.99. The van der Waals surface area contributed by atoms with Crippen molar-refractivity contribution in [1.82, 2.24) is 13.9 Å². The molecule has 3 aromatic rings. The quantitative estimate of drug-likeness (QED) is 0.677. The summed E-state index contributed by atoms with van der Waals surface area (Å²) in [7, 11) is -1.64. The number of halogens is 1. The van der Waals surface area contributed by atoms with Crippen LogP contribution in [0.4, 0.5) is 5.95 Å². The number of aromatic nitrogens is 2. The molecule has 7 nitrogen and oxygen atoms in total. The summed E-state index contributed by atoms with van der Waals surface area (Å²) in [5, 5.41) is 5.21. The van der Waals surface area contributed by atoms with E-state index in [1.807, 2.05) is 13.1 Å². The number of imidazole rings is 1. The highest BCUT2D eigenvalue weighted by molar-refractivity contribution is 7.91. The van der Waals surface area contributed by atoms with Crippen LogP contribution >= 0.6 is 22.9 Å². The highest BCUT2D eigenvalue weighted by Crippen LogP contribution is 2.27. The molecule has 3 heterocycles. The topological polar surface area (TPSA) is 84.3 Å². The van der Waals surface area contributed by atoms with E-state index in [4.69, 9.17) is 11.6 Å². The fourth-order valence-electron chi connectivity index (χ4n) is 3.39. The second kappa shape index (κ2) is 7.47. The number of benzene rings is 1. The minimum atomic E-state index is -3.46. The van der Waals surface area contributed by atoms with E-state index in [9.17, 15) is 13.2 Å². The standard InChI is InChI=1S/C18H19ClN4O3S2/c1-22-15-5-4-13(19)11-14(15)20-18(22)21-17(24)12-6-8-23(9-7-12)28(25,26)16-3-2-10-27-16/h2-5,10-12H,6-9H2,1H3,(H,20,21,24). The molecule has 1 aliphatic heterocycles. The molecular formula is C18H19ClN4O3S2. The Bertz CT molecular complexity index is 1120. The number of sulfonamides is 1. The van der Waals surface area contributed by atoms with Gasteiger partial charge in [-0.3, -0.25) is 10.1 Å². The Morgan fingerprint density at radius 2 is 2.04 bits per heavy atom. The summed E-state index contributed by atoms with van der Waals surface area (Å²) in [6.45, 7) is 0.660. The first kappa shape index (κ1) is 19.4. The lowest BCUT2D eigenvalue weighted by molar-refractivity contribution is -0.121. The Hall–Kier alpha value is -1.94. The van der Waals surface area contributed by atoms with Gasteiger partial charge in [-0.25, -0.2) is 13.4 Å². The number of anilines is 1. The zero-order valence-electron chi connectivity index (χ0n) is 15.1. The first-order valence-electron chi connectivity index (χ1n) is 8.83. The highest BCUT2D eigenvalue weighted by Gasteiger charge is 2.33. The van der Waals surface area contributed by atoms with Crippen LogP contribution in [-0.2, 0) is 21.9 Å². The predicted octanol–water partition coefficient (Wildman–Crippen LogP) is 3.33. The van der Waals surface area contributed by atoms with Crippen molar-refractivity contribution < 1.29 is 13.2 Å². The Morgan fingerprint density at radius 1 is 1.29 bits per heavy atom. The number of carbonyl (C=O) groups excluding carboxylic acids is 1. The second-order valence-corrected chi connectivity index (χ2v) is 10.3. The molecule has 0 bridgehead atoms. The van der Waals surface area contributed by atoms with Crippen LogP contribution < -0.4 is 5.32 Å². The van der Waals surface area contributed by atoms with Crippen molar-refractivity contribution in [3.8, 4) is 0 Å². The smallest absolute Gasteiger partial charge is 0.252 e. The molecule has 1 saturated heterocycles. The number of fused-ring (bicyclic) bond motifs is 1. The first-order chi connectivity index (χ1) is 13.4. The molecule has 1 fully saturated rings. The molecule has 148 valence electrons. The zero-order valence-corrected chi connectivity index (χ0v) is 17.5. The number of aryl methyl sites for hydroxylation is 1. The van der Waals surface area contributed by atoms with Gasteiger partial charge in [-0.05, 0) is 42.5 Å². The van der Waals surface area contributed by atoms with Gasteiger partial charge in [0.1, 0.15) is 4.21 Å². The van der Waals surface area contributed by atoms with Crippen LogP contribution in [-0.4, -0.2) is 41.3 Å². The fraction of sp³-hybridized carbons (Fsp3) is 0.333. The third kappa shape index (κ3) is 3.55. The molecule has 0 unspecified atom stereocenters. The van der Waals surface area contributed by atoms with Gasteiger partial charge < -0.3 is 4.57 Å². The molecule has 28 heavy (non-hydrogen) atoms. The van der Waals surface area contributed by atoms with Crippen molar-refractivity contribution in [2.45, 2.75) is 17.1 Å². The summed E-state index contributed by atoms with van der Waals surface area (Å²) < 4.78 is 28.8. The Kier molecular flexibility index (Phi) is 5.17. The molecule has 10 heteroatoms. The molecule has 0 saturated carbocycles. The Labute approximate surface area is 172 Å². The molecule has 2 aromatic heterocycles. The maximum atomic E-state index is 12.7. The maximum Gasteiger partial charge on any atom is 0.252 e. The fourth-order valence-corrected chi connectivity index (χ4v) is 6.17. The molecule has 1 aliphatic rings. The zero-order chi connectivity index (χ0) is 19.9. The number of nitrogens with zero attached hydrogens (tertiary/aromatic N) is 3. The van der Waals surface area contributed by atoms with Crippen molar-refractivity contribution >= 4 is 55.8 Å². The lowest BCUT2D eigenvalue weighted by atomic mass is 9.97. The van der Waals surface area contributed by atoms with Crippen molar-refractivity contribution in [2.24, 2.45) is 13.0 Å². The van der Waals surface area contributed by atoms with Crippen LogP contribution in [0.25, 0.3) is 11.0 Å². The van der Waals surface area contributed by atoms with E-state index in [1.165, 1.54) is 15.6 Å². The highest BCUT2D eigenvalue weighted by atomic mass is 35.5. The van der Waals surface area contributed by atoms with Gasteiger partial charge in [-0.2, -0.15) is 4.31 Å². The van der Waals surface area contributed by atoms with Gasteiger partial charge in [0.25, 0.3) is 10.0 Å². The van der Waals surface area contributed by atoms with E-state index >= 15 is 0 Å². The molecule has 0 spiro atoms. The van der Waals surface area contributed by atoms with Crippen LogP contribution in [0.5, 0.6) is 0 Å². The molecule has 4 rings (SSSR count). The predicted molar refractivity (Wildman–Crippen MR) is 110 cm³/mol. The summed E-state index contributed by atoms with van der Waals surface area (Å²) in [6, 6.07) is 8.72. The average Bonchev–Trinajstić information content (AvgIpc) is 3.31. The molecule has 1 aromatic carbocycles. The Morgan fingerprint density at radius 3 is 2.71 bits per heavy atom. The molecule has 1 amide bonds. The van der Waals surface area contributed by atoms with Crippen molar-refractivity contribution in [2.75, 3.05) is 18.4 Å². The van der Waals surface area contributed by atoms with Crippen LogP contribution in [0, 0.1) is 5.92 Å². The van der Waals surface area contributed by atoms with E-state index in [0.29, 0.717) is 46.6 Å². The van der Waals surface area contributed by atoms with Crippen molar-refractivity contribution in [3.05, 3.63) is 40.7 Å². The van der Waals surface area contributed by atoms with Crippen molar-refractivity contribution in [3.63, 3.8) is 0 Å². The SMILES string of the molecule is Cn1c(NC(=O)C2CCN(S(=O)(=O)c3cccs3)CC2)nc2cc(Cl)ccc21. The first-order valence-corrected chi connectivity index (χ1v) is 11.5. The van der Waals surface area contributed by atoms with Crippen LogP contribution in [0.2, 0.25) is 5.02 Å². The number of thiophene rings is 1. The number of hydrogen-bond donors (Lipinski definition) is 1. The van der Waals surface area contributed by atoms with Gasteiger partial charge >= 0.3 is 0 Å². The lowest BCUT2D eigenvalue weighted by Gasteiger charge is -2.30. The summed E-state index contributed by atoms with van der Waals surface area (Å²) in [6.07, 6.45) is 0.957. The van der Waals surface area contributed by atoms with Gasteiger partial charge in [0.2, 0.25) is 11.9 Å². The minimum absolute atomic E-state index is 0.141. The van der Waals surface area contributed by atoms with Gasteiger partial charge in [0.05, 0.1) is 11.0 Å². The maximum absolute atomic E-state index is 12.7. The summed E-state index contributed by atoms with van der Waals surface area (Å²) >= 11 is 7.21. The van der Waals surface area contributed by atoms with Gasteiger partial charge in [-0.1, -0.05) is 17.7 Å². The van der Waals surface area contributed by atoms with Crippen LogP contribution in [0.1, 0.15) is 12.8 Å². The van der Waals surface area contributed by atoms with E-state index in [1.54, 1.807) is 34.2 Å². The van der Waals surface area contributed by atoms with Crippen molar-refractivity contribution in [1.29, 1.82) is 0 Å². The van der Waals surface area contributed by atoms with E-state index < -0.39 is 10.0 Å². The largest absolute Gasteiger partial charge is 0.313 e. The average molecular weight is 439 g/mol. The number of hydrogen-bond acceptors (Lipinski definition) is 5. The summed E-state index contributed by atoms with van der Waals surface area (Å²) in [5.41, 5.74) is 1.58. The molecule has 1 N–H and O–H groups in total.